The number of hydrogen-bond acceptors (Lipinski definition) is 4. The van der Waals surface area contributed by atoms with Crippen LogP contribution >= 0.6 is 48.0 Å². The fourth-order valence-electron chi connectivity index (χ4n) is 3.10. The quantitative estimate of drug-likeness (QED) is 0.463. The molecule has 9 heteroatoms. The second-order valence-corrected chi connectivity index (χ2v) is 6.99. The third kappa shape index (κ3) is 5.04. The Morgan fingerprint density at radius 1 is 1.07 bits per heavy atom. The summed E-state index contributed by atoms with van der Waals surface area (Å²) in [5.41, 5.74) is 8.48. The summed E-state index contributed by atoms with van der Waals surface area (Å²) in [5.74, 6) is 0.866. The summed E-state index contributed by atoms with van der Waals surface area (Å²) in [6, 6.07) is 13.5. The minimum absolute atomic E-state index is 0. The van der Waals surface area contributed by atoms with Crippen LogP contribution in [-0.4, -0.2) is 9.55 Å². The molecule has 3 aromatic rings. The number of benzene rings is 2. The largest absolute Gasteiger partial charge is 0.470 e. The molecule has 0 amide bonds. The summed E-state index contributed by atoms with van der Waals surface area (Å²) in [6.07, 6.45) is 7.13. The van der Waals surface area contributed by atoms with Gasteiger partial charge < -0.3 is 14.7 Å². The first-order valence-corrected chi connectivity index (χ1v) is 9.16. The summed E-state index contributed by atoms with van der Waals surface area (Å²) in [5, 5.41) is 1.18. The van der Waals surface area contributed by atoms with Crippen molar-refractivity contribution in [1.82, 2.24) is 15.0 Å². The molecule has 0 spiro atoms. The Morgan fingerprint density at radius 2 is 1.89 bits per heavy atom. The summed E-state index contributed by atoms with van der Waals surface area (Å²) in [7, 11) is 0. The Labute approximate surface area is 186 Å². The van der Waals surface area contributed by atoms with Crippen LogP contribution in [0.2, 0.25) is 10.0 Å². The topological polar surface area (TPSA) is 51.1 Å². The second-order valence-electron chi connectivity index (χ2n) is 6.14. The van der Waals surface area contributed by atoms with Crippen LogP contribution < -0.4 is 15.6 Å². The van der Waals surface area contributed by atoms with Crippen LogP contribution in [0.1, 0.15) is 30.7 Å². The number of para-hydroxylation sites is 1. The molecule has 2 aromatic carbocycles. The van der Waals surface area contributed by atoms with E-state index in [-0.39, 0.29) is 37.1 Å². The smallest absolute Gasteiger partial charge is 0.176 e. The predicted octanol–water partition coefficient (Wildman–Crippen LogP) is 6.06. The molecule has 0 radical (unpaired) electrons. The fourth-order valence-corrected chi connectivity index (χ4v) is 3.56. The van der Waals surface area contributed by atoms with Crippen molar-refractivity contribution in [1.29, 1.82) is 0 Å². The Balaban J connectivity index is 0.00000140. The number of aromatic nitrogens is 2. The van der Waals surface area contributed by atoms with E-state index < -0.39 is 0 Å². The minimum Gasteiger partial charge on any atom is -0.470 e. The highest BCUT2D eigenvalue weighted by atomic mass is 35.5. The van der Waals surface area contributed by atoms with Gasteiger partial charge in [-0.2, -0.15) is 0 Å². The average molecular weight is 462 g/mol. The SMILES string of the molecule is Cl.Cl.Clc1ccc(NNC2CCC(n3ccnc3)Oc3ccccc32)c(Cl)c1. The van der Waals surface area contributed by atoms with Gasteiger partial charge in [0.15, 0.2) is 6.23 Å². The molecular formula is C19H20Cl4N4O. The van der Waals surface area contributed by atoms with Gasteiger partial charge >= 0.3 is 0 Å². The summed E-state index contributed by atoms with van der Waals surface area (Å²) >= 11 is 12.2. The van der Waals surface area contributed by atoms with Crippen molar-refractivity contribution in [3.05, 3.63) is 76.8 Å². The summed E-state index contributed by atoms with van der Waals surface area (Å²) in [6.45, 7) is 0. The number of hydrogen-bond donors (Lipinski definition) is 2. The van der Waals surface area contributed by atoms with Crippen molar-refractivity contribution in [2.45, 2.75) is 25.1 Å². The van der Waals surface area contributed by atoms with Crippen LogP contribution in [0.15, 0.2) is 61.2 Å². The first kappa shape index (κ1) is 22.7. The van der Waals surface area contributed by atoms with Gasteiger partial charge in [0.2, 0.25) is 0 Å². The van der Waals surface area contributed by atoms with E-state index in [1.807, 2.05) is 35.0 Å². The molecule has 5 nitrogen and oxygen atoms in total. The third-order valence-corrected chi connectivity index (χ3v) is 4.98. The molecule has 0 saturated carbocycles. The third-order valence-electron chi connectivity index (χ3n) is 4.43. The van der Waals surface area contributed by atoms with Gasteiger partial charge in [-0.3, -0.25) is 0 Å². The van der Waals surface area contributed by atoms with E-state index in [4.69, 9.17) is 27.9 Å². The van der Waals surface area contributed by atoms with Gasteiger partial charge in [-0.1, -0.05) is 41.4 Å². The van der Waals surface area contributed by atoms with Crippen molar-refractivity contribution in [3.63, 3.8) is 0 Å². The van der Waals surface area contributed by atoms with Crippen LogP contribution in [0.3, 0.4) is 0 Å². The molecule has 1 aliphatic rings. The summed E-state index contributed by atoms with van der Waals surface area (Å²) < 4.78 is 8.22. The molecule has 1 aliphatic heterocycles. The number of rotatable bonds is 4. The lowest BCUT2D eigenvalue weighted by atomic mass is 10.0. The van der Waals surface area contributed by atoms with Crippen molar-refractivity contribution >= 4 is 53.7 Å². The van der Waals surface area contributed by atoms with Crippen LogP contribution in [0.5, 0.6) is 5.75 Å². The summed E-state index contributed by atoms with van der Waals surface area (Å²) in [4.78, 5) is 4.13. The van der Waals surface area contributed by atoms with Gasteiger partial charge in [0.1, 0.15) is 5.75 Å². The predicted molar refractivity (Wildman–Crippen MR) is 118 cm³/mol. The Kier molecular flexibility index (Phi) is 8.28. The van der Waals surface area contributed by atoms with E-state index in [9.17, 15) is 0 Å². The van der Waals surface area contributed by atoms with Crippen molar-refractivity contribution in [2.24, 2.45) is 0 Å². The molecule has 0 saturated heterocycles. The maximum Gasteiger partial charge on any atom is 0.176 e. The lowest BCUT2D eigenvalue weighted by Crippen LogP contribution is -2.27. The monoisotopic (exact) mass is 460 g/mol. The molecule has 2 heterocycles. The molecule has 4 rings (SSSR count). The number of imidazole rings is 1. The number of ether oxygens (including phenoxy) is 1. The minimum atomic E-state index is -0.0791. The average Bonchev–Trinajstić information content (AvgIpc) is 3.11. The molecular weight excluding hydrogens is 442 g/mol. The van der Waals surface area contributed by atoms with Crippen LogP contribution in [0, 0.1) is 0 Å². The highest BCUT2D eigenvalue weighted by Gasteiger charge is 2.25. The molecule has 1 aromatic heterocycles. The van der Waals surface area contributed by atoms with Gasteiger partial charge in [-0.15, -0.1) is 24.8 Å². The maximum absolute atomic E-state index is 6.25. The van der Waals surface area contributed by atoms with E-state index in [1.54, 1.807) is 24.7 Å². The van der Waals surface area contributed by atoms with Gasteiger partial charge in [0, 0.05) is 29.4 Å². The van der Waals surface area contributed by atoms with Gasteiger partial charge in [0.25, 0.3) is 0 Å². The van der Waals surface area contributed by atoms with Crippen LogP contribution in [0.4, 0.5) is 5.69 Å². The maximum atomic E-state index is 6.25. The molecule has 0 bridgehead atoms. The molecule has 0 fully saturated rings. The first-order valence-electron chi connectivity index (χ1n) is 8.40. The van der Waals surface area contributed by atoms with Crippen molar-refractivity contribution < 1.29 is 4.74 Å². The molecule has 2 unspecified atom stereocenters. The van der Waals surface area contributed by atoms with Crippen molar-refractivity contribution in [2.75, 3.05) is 5.43 Å². The Hall–Kier alpha value is -1.63. The number of halogens is 4. The molecule has 2 atom stereocenters. The highest BCUT2D eigenvalue weighted by Crippen LogP contribution is 2.36. The number of anilines is 1. The number of fused-ring (bicyclic) bond motifs is 1. The van der Waals surface area contributed by atoms with E-state index in [0.717, 1.165) is 29.8 Å². The lowest BCUT2D eigenvalue weighted by Gasteiger charge is -2.20. The standard InChI is InChI=1S/C19H18Cl2N4O.2ClH/c20-13-5-6-17(15(21)11-13)24-23-16-7-8-19(25-10-9-22-12-25)26-18-4-2-1-3-14(16)18;;/h1-6,9-12,16,19,23-24H,7-8H2;2*1H. The van der Waals surface area contributed by atoms with E-state index in [0.29, 0.717) is 10.0 Å². The van der Waals surface area contributed by atoms with E-state index >= 15 is 0 Å². The van der Waals surface area contributed by atoms with E-state index in [1.165, 1.54) is 0 Å². The fraction of sp³-hybridized carbons (Fsp3) is 0.211. The van der Waals surface area contributed by atoms with Crippen LogP contribution in [0.25, 0.3) is 0 Å². The number of nitrogens with zero attached hydrogens (tertiary/aromatic N) is 2. The number of hydrazine groups is 1. The zero-order chi connectivity index (χ0) is 17.9. The van der Waals surface area contributed by atoms with Gasteiger partial charge in [0.05, 0.1) is 23.1 Å². The highest BCUT2D eigenvalue weighted by molar-refractivity contribution is 6.36. The first-order chi connectivity index (χ1) is 12.7. The molecule has 0 aliphatic carbocycles. The normalized spacial score (nSPS) is 17.9. The van der Waals surface area contributed by atoms with Gasteiger partial charge in [-0.25, -0.2) is 10.4 Å². The number of nitrogens with one attached hydrogen (secondary N) is 2. The second kappa shape index (κ2) is 10.2. The molecule has 150 valence electrons. The zero-order valence-electron chi connectivity index (χ0n) is 14.7. The van der Waals surface area contributed by atoms with Crippen LogP contribution in [-0.2, 0) is 0 Å². The zero-order valence-corrected chi connectivity index (χ0v) is 17.9. The van der Waals surface area contributed by atoms with E-state index in [2.05, 4.69) is 21.9 Å². The Bertz CT molecular complexity index is 891. The lowest BCUT2D eigenvalue weighted by molar-refractivity contribution is 0.125. The molecule has 28 heavy (non-hydrogen) atoms. The molecule has 2 N–H and O–H groups in total. The van der Waals surface area contributed by atoms with Crippen molar-refractivity contribution in [3.8, 4) is 5.75 Å². The Morgan fingerprint density at radius 3 is 2.64 bits per heavy atom. The van der Waals surface area contributed by atoms with Gasteiger partial charge in [-0.05, 0) is 30.7 Å².